The fourth-order valence-electron chi connectivity index (χ4n) is 4.09. The average molecular weight is 464 g/mol. The van der Waals surface area contributed by atoms with Gasteiger partial charge in [-0.1, -0.05) is 30.7 Å². The molecule has 0 bridgehead atoms. The van der Waals surface area contributed by atoms with Crippen LogP contribution in [0.15, 0.2) is 28.3 Å². The summed E-state index contributed by atoms with van der Waals surface area (Å²) in [5, 5.41) is 12.1. The number of nitrogens with zero attached hydrogens (tertiary/aromatic N) is 4. The third-order valence-electron chi connectivity index (χ3n) is 5.81. The highest BCUT2D eigenvalue weighted by Crippen LogP contribution is 2.27. The van der Waals surface area contributed by atoms with E-state index in [0.29, 0.717) is 24.3 Å². The molecule has 0 radical (unpaired) electrons. The van der Waals surface area contributed by atoms with E-state index in [1.165, 1.54) is 18.2 Å². The summed E-state index contributed by atoms with van der Waals surface area (Å²) < 4.78 is 29.8. The molecule has 0 saturated carbocycles. The summed E-state index contributed by atoms with van der Waals surface area (Å²) in [4.78, 5) is 12.8. The number of sulfonamides is 1. The van der Waals surface area contributed by atoms with Crippen molar-refractivity contribution in [2.75, 3.05) is 24.2 Å². The Morgan fingerprint density at radius 2 is 1.81 bits per heavy atom. The van der Waals surface area contributed by atoms with E-state index in [1.54, 1.807) is 29.4 Å². The summed E-state index contributed by atoms with van der Waals surface area (Å²) in [6, 6.07) is 5.07. The third-order valence-corrected chi connectivity index (χ3v) is 8.82. The molecule has 31 heavy (non-hydrogen) atoms. The van der Waals surface area contributed by atoms with Crippen LogP contribution in [0.25, 0.3) is 0 Å². The van der Waals surface area contributed by atoms with E-state index in [2.05, 4.69) is 20.1 Å². The van der Waals surface area contributed by atoms with Crippen LogP contribution in [-0.2, 0) is 27.8 Å². The Bertz CT molecular complexity index is 1050. The lowest BCUT2D eigenvalue weighted by Gasteiger charge is -2.26. The molecule has 0 aliphatic carbocycles. The molecular formula is C21H29N5O3S2. The maximum atomic E-state index is 13.1. The lowest BCUT2D eigenvalue weighted by atomic mass is 10.2. The van der Waals surface area contributed by atoms with Crippen LogP contribution >= 0.6 is 11.8 Å². The fraction of sp³-hybridized carbons (Fsp3) is 0.571. The first-order valence-electron chi connectivity index (χ1n) is 10.9. The molecule has 10 heteroatoms. The van der Waals surface area contributed by atoms with Crippen molar-refractivity contribution in [3.05, 3.63) is 29.6 Å². The monoisotopic (exact) mass is 463 g/mol. The van der Waals surface area contributed by atoms with Crippen LogP contribution in [-0.4, -0.2) is 52.2 Å². The maximum Gasteiger partial charge on any atom is 0.243 e. The number of benzene rings is 1. The van der Waals surface area contributed by atoms with E-state index >= 15 is 0 Å². The van der Waals surface area contributed by atoms with Crippen molar-refractivity contribution in [2.24, 2.45) is 0 Å². The van der Waals surface area contributed by atoms with Crippen molar-refractivity contribution in [1.29, 1.82) is 0 Å². The van der Waals surface area contributed by atoms with Gasteiger partial charge in [0.05, 0.1) is 10.6 Å². The summed E-state index contributed by atoms with van der Waals surface area (Å²) in [5.41, 5.74) is 1.18. The number of piperidine rings is 1. The fourth-order valence-corrected chi connectivity index (χ4v) is 6.64. The van der Waals surface area contributed by atoms with Crippen molar-refractivity contribution in [3.8, 4) is 0 Å². The van der Waals surface area contributed by atoms with E-state index in [-0.39, 0.29) is 16.6 Å². The first kappa shape index (κ1) is 22.3. The van der Waals surface area contributed by atoms with E-state index in [1.807, 2.05) is 0 Å². The highest BCUT2D eigenvalue weighted by molar-refractivity contribution is 7.99. The number of aromatic nitrogens is 3. The lowest BCUT2D eigenvalue weighted by Crippen LogP contribution is -2.36. The Hall–Kier alpha value is -1.91. The minimum absolute atomic E-state index is 0.193. The number of aryl methyl sites for hydroxylation is 2. The van der Waals surface area contributed by atoms with Gasteiger partial charge in [-0.05, 0) is 50.3 Å². The Labute approximate surface area is 187 Å². The van der Waals surface area contributed by atoms with Crippen LogP contribution < -0.4 is 5.32 Å². The smallest absolute Gasteiger partial charge is 0.243 e. The van der Waals surface area contributed by atoms with Crippen molar-refractivity contribution < 1.29 is 13.2 Å². The quantitative estimate of drug-likeness (QED) is 0.661. The number of rotatable bonds is 6. The van der Waals surface area contributed by atoms with Crippen molar-refractivity contribution >= 4 is 33.4 Å². The molecule has 2 aliphatic heterocycles. The van der Waals surface area contributed by atoms with Crippen LogP contribution in [0, 0.1) is 6.92 Å². The second kappa shape index (κ2) is 9.70. The molecule has 4 rings (SSSR count). The first-order chi connectivity index (χ1) is 14.9. The van der Waals surface area contributed by atoms with Gasteiger partial charge in [-0.3, -0.25) is 4.79 Å². The zero-order valence-electron chi connectivity index (χ0n) is 17.8. The SMILES string of the molecule is Cc1ccc(NC(=O)CSc2nnc3n2CCCCC3)cc1S(=O)(=O)N1CCCCC1. The van der Waals surface area contributed by atoms with E-state index < -0.39 is 10.0 Å². The summed E-state index contributed by atoms with van der Waals surface area (Å²) >= 11 is 1.36. The van der Waals surface area contributed by atoms with Crippen molar-refractivity contribution in [1.82, 2.24) is 19.1 Å². The minimum atomic E-state index is -3.56. The number of carbonyl (C=O) groups is 1. The predicted molar refractivity (Wildman–Crippen MR) is 121 cm³/mol. The zero-order valence-corrected chi connectivity index (χ0v) is 19.5. The lowest BCUT2D eigenvalue weighted by molar-refractivity contribution is -0.113. The number of carbonyl (C=O) groups excluding carboxylic acids is 1. The molecule has 0 atom stereocenters. The molecule has 0 spiro atoms. The Morgan fingerprint density at radius 3 is 2.61 bits per heavy atom. The maximum absolute atomic E-state index is 13.1. The normalized spacial score (nSPS) is 17.7. The van der Waals surface area contributed by atoms with E-state index in [9.17, 15) is 13.2 Å². The molecule has 168 valence electrons. The van der Waals surface area contributed by atoms with Gasteiger partial charge in [-0.2, -0.15) is 4.31 Å². The van der Waals surface area contributed by atoms with Gasteiger partial charge in [0.2, 0.25) is 15.9 Å². The molecular weight excluding hydrogens is 434 g/mol. The van der Waals surface area contributed by atoms with Gasteiger partial charge in [0.15, 0.2) is 5.16 Å². The summed E-state index contributed by atoms with van der Waals surface area (Å²) in [5.74, 6) is 0.993. The standard InChI is InChI=1S/C21H29N5O3S2/c1-16-9-10-17(14-18(16)31(28,29)25-11-5-3-6-12-25)22-20(27)15-30-21-24-23-19-8-4-2-7-13-26(19)21/h9-10,14H,2-8,11-13,15H2,1H3,(H,22,27). The summed E-state index contributed by atoms with van der Waals surface area (Å²) in [7, 11) is -3.56. The second-order valence-corrected chi connectivity index (χ2v) is 11.0. The van der Waals surface area contributed by atoms with Crippen LogP contribution in [0.4, 0.5) is 5.69 Å². The molecule has 1 amide bonds. The largest absolute Gasteiger partial charge is 0.325 e. The number of hydrogen-bond donors (Lipinski definition) is 1. The van der Waals surface area contributed by atoms with Gasteiger partial charge in [0.25, 0.3) is 0 Å². The topological polar surface area (TPSA) is 97.2 Å². The van der Waals surface area contributed by atoms with Crippen molar-refractivity contribution in [2.45, 2.75) is 68.5 Å². The molecule has 1 fully saturated rings. The van der Waals surface area contributed by atoms with E-state index in [4.69, 9.17) is 0 Å². The Balaban J connectivity index is 1.42. The molecule has 2 aliphatic rings. The first-order valence-corrected chi connectivity index (χ1v) is 13.3. The molecule has 1 N–H and O–H groups in total. The highest BCUT2D eigenvalue weighted by atomic mass is 32.2. The summed E-state index contributed by atoms with van der Waals surface area (Å²) in [6.07, 6.45) is 7.17. The number of hydrogen-bond acceptors (Lipinski definition) is 6. The van der Waals surface area contributed by atoms with Crippen molar-refractivity contribution in [3.63, 3.8) is 0 Å². The molecule has 0 unspecified atom stereocenters. The number of fused-ring (bicyclic) bond motifs is 1. The van der Waals surface area contributed by atoms with E-state index in [0.717, 1.165) is 56.1 Å². The van der Waals surface area contributed by atoms with Crippen LogP contribution in [0.1, 0.15) is 49.9 Å². The van der Waals surface area contributed by atoms with Gasteiger partial charge in [0, 0.05) is 31.7 Å². The van der Waals surface area contributed by atoms with Crippen LogP contribution in [0.2, 0.25) is 0 Å². The molecule has 1 aromatic carbocycles. The molecule has 3 heterocycles. The predicted octanol–water partition coefficient (Wildman–Crippen LogP) is 3.22. The van der Waals surface area contributed by atoms with Gasteiger partial charge < -0.3 is 9.88 Å². The second-order valence-electron chi connectivity index (χ2n) is 8.14. The van der Waals surface area contributed by atoms with Crippen LogP contribution in [0.3, 0.4) is 0 Å². The molecule has 1 saturated heterocycles. The third kappa shape index (κ3) is 5.12. The zero-order chi connectivity index (χ0) is 21.8. The van der Waals surface area contributed by atoms with Gasteiger partial charge in [-0.15, -0.1) is 10.2 Å². The Kier molecular flexibility index (Phi) is 6.98. The minimum Gasteiger partial charge on any atom is -0.325 e. The highest BCUT2D eigenvalue weighted by Gasteiger charge is 2.27. The molecule has 2 aromatic rings. The molecule has 1 aromatic heterocycles. The molecule has 8 nitrogen and oxygen atoms in total. The average Bonchev–Trinajstić information content (AvgIpc) is 3.00. The Morgan fingerprint density at radius 1 is 1.06 bits per heavy atom. The van der Waals surface area contributed by atoms with Gasteiger partial charge in [0.1, 0.15) is 5.82 Å². The number of thioether (sulfide) groups is 1. The number of nitrogens with one attached hydrogen (secondary N) is 1. The van der Waals surface area contributed by atoms with Crippen LogP contribution in [0.5, 0.6) is 0 Å². The number of amides is 1. The summed E-state index contributed by atoms with van der Waals surface area (Å²) in [6.45, 7) is 3.78. The van der Waals surface area contributed by atoms with Gasteiger partial charge in [-0.25, -0.2) is 8.42 Å². The number of anilines is 1. The van der Waals surface area contributed by atoms with Gasteiger partial charge >= 0.3 is 0 Å².